The zero-order valence-corrected chi connectivity index (χ0v) is 17.3. The Bertz CT molecular complexity index is 712. The smallest absolute Gasteiger partial charge is 0.385 e. The minimum Gasteiger partial charge on any atom is -0.385 e. The summed E-state index contributed by atoms with van der Waals surface area (Å²) in [6.45, 7) is -3.94. The van der Waals surface area contributed by atoms with E-state index in [1.165, 1.54) is 0 Å². The van der Waals surface area contributed by atoms with Gasteiger partial charge in [-0.2, -0.15) is 16.8 Å². The number of rotatable bonds is 10. The van der Waals surface area contributed by atoms with Crippen molar-refractivity contribution in [3.63, 3.8) is 0 Å². The fourth-order valence-electron chi connectivity index (χ4n) is 2.55. The van der Waals surface area contributed by atoms with Crippen molar-refractivity contribution in [3.8, 4) is 0 Å². The third-order valence-electron chi connectivity index (χ3n) is 3.97. The van der Waals surface area contributed by atoms with Gasteiger partial charge in [0, 0.05) is 12.5 Å². The Hall–Kier alpha value is -0.215. The van der Waals surface area contributed by atoms with Gasteiger partial charge >= 0.3 is 30.0 Å². The Morgan fingerprint density at radius 1 is 0.867 bits per heavy atom. The van der Waals surface area contributed by atoms with Gasteiger partial charge in [-0.3, -0.25) is 12.5 Å². The average molecular weight is 504 g/mol. The van der Waals surface area contributed by atoms with Crippen LogP contribution in [0.3, 0.4) is 0 Å². The van der Waals surface area contributed by atoms with Crippen molar-refractivity contribution in [1.82, 2.24) is 0 Å². The standard InChI is InChI=1S/C11H16BF3O12S3/c13-1-7-6(5-30(18,19)27-7)4-20-12(21-10-8(2-14)23-28(16)25-10)22-11-9(3-15)24-29(17)26-11/h6-11H,1-5H2. The van der Waals surface area contributed by atoms with Crippen molar-refractivity contribution < 1.29 is 64.9 Å². The molecule has 0 saturated carbocycles. The van der Waals surface area contributed by atoms with Crippen molar-refractivity contribution in [2.75, 3.05) is 32.4 Å². The molecule has 0 aliphatic carbocycles. The second-order valence-corrected chi connectivity index (χ2v) is 9.31. The van der Waals surface area contributed by atoms with Crippen molar-refractivity contribution in [2.24, 2.45) is 5.92 Å². The summed E-state index contributed by atoms with van der Waals surface area (Å²) < 4.78 is 124. The second-order valence-electron chi connectivity index (χ2n) is 6.08. The van der Waals surface area contributed by atoms with Gasteiger partial charge in [-0.05, 0) is 0 Å². The molecular formula is C11H16BF3O12S3. The lowest BCUT2D eigenvalue weighted by molar-refractivity contribution is -0.109. The van der Waals surface area contributed by atoms with E-state index >= 15 is 0 Å². The Morgan fingerprint density at radius 3 is 1.83 bits per heavy atom. The van der Waals surface area contributed by atoms with E-state index in [2.05, 4.69) is 12.5 Å². The molecule has 0 bridgehead atoms. The van der Waals surface area contributed by atoms with Crippen molar-refractivity contribution in [1.29, 1.82) is 0 Å². The molecule has 3 fully saturated rings. The first-order chi connectivity index (χ1) is 14.2. The van der Waals surface area contributed by atoms with Crippen LogP contribution in [0.5, 0.6) is 0 Å². The lowest BCUT2D eigenvalue weighted by Crippen LogP contribution is -2.43. The molecule has 0 aromatic rings. The van der Waals surface area contributed by atoms with Gasteiger partial charge in [0.25, 0.3) is 10.1 Å². The molecular weight excluding hydrogens is 488 g/mol. The van der Waals surface area contributed by atoms with Gasteiger partial charge in [0.2, 0.25) is 0 Å². The molecule has 3 aliphatic heterocycles. The van der Waals surface area contributed by atoms with Crippen molar-refractivity contribution in [2.45, 2.75) is 30.9 Å². The molecule has 0 amide bonds. The zero-order valence-electron chi connectivity index (χ0n) is 14.8. The van der Waals surface area contributed by atoms with Crippen LogP contribution in [-0.2, 0) is 67.7 Å². The average Bonchev–Trinajstić information content (AvgIpc) is 3.33. The lowest BCUT2D eigenvalue weighted by atomic mass is 10.1. The number of halogens is 3. The summed E-state index contributed by atoms with van der Waals surface area (Å²) in [7, 11) is -5.83. The minimum atomic E-state index is -3.96. The van der Waals surface area contributed by atoms with Crippen LogP contribution in [0.1, 0.15) is 0 Å². The van der Waals surface area contributed by atoms with E-state index in [0.29, 0.717) is 0 Å². The molecule has 0 spiro atoms. The molecule has 19 heteroatoms. The molecule has 3 rings (SSSR count). The highest BCUT2D eigenvalue weighted by atomic mass is 32.2. The van der Waals surface area contributed by atoms with Crippen LogP contribution in [0.2, 0.25) is 0 Å². The Balaban J connectivity index is 1.67. The maximum absolute atomic E-state index is 13.0. The van der Waals surface area contributed by atoms with E-state index in [1.54, 1.807) is 0 Å². The van der Waals surface area contributed by atoms with Gasteiger partial charge in [-0.15, -0.1) is 0 Å². The van der Waals surface area contributed by atoms with E-state index < -0.39 is 109 Å². The molecule has 30 heavy (non-hydrogen) atoms. The molecule has 0 radical (unpaired) electrons. The SMILES string of the molecule is O=S1OC(CF)C(OB(OCC2CS(=O)(=O)OC2CF)OC2OS(=O)OC2CF)O1. The Labute approximate surface area is 174 Å². The van der Waals surface area contributed by atoms with E-state index in [1.807, 2.05) is 0 Å². The molecule has 0 aromatic heterocycles. The molecule has 12 nitrogen and oxygen atoms in total. The van der Waals surface area contributed by atoms with Crippen molar-refractivity contribution in [3.05, 3.63) is 0 Å². The molecule has 174 valence electrons. The first-order valence-electron chi connectivity index (χ1n) is 8.28. The van der Waals surface area contributed by atoms with Gasteiger partial charge in [-0.1, -0.05) is 0 Å². The minimum absolute atomic E-state index is 0.494. The van der Waals surface area contributed by atoms with Gasteiger partial charge in [0.05, 0.1) is 5.75 Å². The topological polar surface area (TPSA) is 142 Å². The normalized spacial score (nSPS) is 40.8. The Morgan fingerprint density at radius 2 is 1.37 bits per heavy atom. The van der Waals surface area contributed by atoms with Crippen LogP contribution >= 0.6 is 0 Å². The number of hydrogen-bond acceptors (Lipinski definition) is 12. The van der Waals surface area contributed by atoms with Gasteiger partial charge in [0.15, 0.2) is 24.8 Å². The predicted octanol–water partition coefficient (Wildman–Crippen LogP) is -1.09. The highest BCUT2D eigenvalue weighted by molar-refractivity contribution is 7.87. The third-order valence-corrected chi connectivity index (χ3v) is 6.84. The summed E-state index contributed by atoms with van der Waals surface area (Å²) in [6.07, 6.45) is -7.37. The molecule has 0 N–H and O–H groups in total. The summed E-state index contributed by atoms with van der Waals surface area (Å²) in [6, 6.07) is 0. The summed E-state index contributed by atoms with van der Waals surface area (Å²) in [5, 5.41) is 0. The van der Waals surface area contributed by atoms with Crippen LogP contribution in [-0.4, -0.2) is 87.4 Å². The third kappa shape index (κ3) is 6.18. The summed E-state index contributed by atoms with van der Waals surface area (Å²) in [5.41, 5.74) is 0. The van der Waals surface area contributed by atoms with Gasteiger partial charge in [-0.25, -0.2) is 21.5 Å². The van der Waals surface area contributed by atoms with Crippen LogP contribution in [0.4, 0.5) is 13.2 Å². The molecule has 0 aromatic carbocycles. The maximum Gasteiger partial charge on any atom is 0.643 e. The van der Waals surface area contributed by atoms with Crippen LogP contribution < -0.4 is 0 Å². The summed E-state index contributed by atoms with van der Waals surface area (Å²) >= 11 is -4.66. The van der Waals surface area contributed by atoms with E-state index in [4.69, 9.17) is 22.3 Å². The second kappa shape index (κ2) is 10.6. The largest absolute Gasteiger partial charge is 0.643 e. The van der Waals surface area contributed by atoms with E-state index in [9.17, 15) is 30.0 Å². The monoisotopic (exact) mass is 504 g/mol. The fraction of sp³-hybridized carbons (Fsp3) is 1.00. The number of alkyl halides is 3. The quantitative estimate of drug-likeness (QED) is 0.264. The van der Waals surface area contributed by atoms with E-state index in [-0.39, 0.29) is 0 Å². The molecule has 3 saturated heterocycles. The lowest BCUT2D eigenvalue weighted by Gasteiger charge is -2.23. The molecule has 8 atom stereocenters. The van der Waals surface area contributed by atoms with Gasteiger partial charge in [0.1, 0.15) is 26.1 Å². The predicted molar refractivity (Wildman–Crippen MR) is 89.7 cm³/mol. The van der Waals surface area contributed by atoms with Crippen LogP contribution in [0.25, 0.3) is 0 Å². The highest BCUT2D eigenvalue weighted by Gasteiger charge is 2.46. The zero-order chi connectivity index (χ0) is 21.9. The van der Waals surface area contributed by atoms with Crippen molar-refractivity contribution >= 4 is 40.2 Å². The molecule has 3 aliphatic rings. The Kier molecular flexibility index (Phi) is 8.63. The fourth-order valence-corrected chi connectivity index (χ4v) is 5.47. The van der Waals surface area contributed by atoms with E-state index in [0.717, 1.165) is 0 Å². The van der Waals surface area contributed by atoms with Gasteiger partial charge < -0.3 is 14.0 Å². The first kappa shape index (κ1) is 24.4. The highest BCUT2D eigenvalue weighted by Crippen LogP contribution is 2.27. The van der Waals surface area contributed by atoms with Crippen LogP contribution in [0.15, 0.2) is 0 Å². The summed E-state index contributed by atoms with van der Waals surface area (Å²) in [4.78, 5) is 0. The number of hydrogen-bond donors (Lipinski definition) is 0. The summed E-state index contributed by atoms with van der Waals surface area (Å²) in [5.74, 6) is -1.53. The maximum atomic E-state index is 13.0. The molecule has 3 heterocycles. The van der Waals surface area contributed by atoms with Crippen LogP contribution in [0, 0.1) is 5.92 Å². The first-order valence-corrected chi connectivity index (χ1v) is 11.9. The molecule has 8 unspecified atom stereocenters.